The van der Waals surface area contributed by atoms with Crippen molar-refractivity contribution in [2.45, 2.75) is 25.8 Å². The molecule has 1 aromatic heterocycles. The van der Waals surface area contributed by atoms with Crippen LogP contribution < -0.4 is 10.6 Å². The summed E-state index contributed by atoms with van der Waals surface area (Å²) in [4.78, 5) is 4.13. The lowest BCUT2D eigenvalue weighted by molar-refractivity contribution is 0.562. The summed E-state index contributed by atoms with van der Waals surface area (Å²) in [6, 6.07) is 1.96. The summed E-state index contributed by atoms with van der Waals surface area (Å²) in [5, 5.41) is 6.43. The molecule has 1 fully saturated rings. The van der Waals surface area contributed by atoms with Crippen LogP contribution in [0.15, 0.2) is 18.5 Å². The lowest BCUT2D eigenvalue weighted by atomic mass is 10.2. The van der Waals surface area contributed by atoms with Gasteiger partial charge in [0.1, 0.15) is 0 Å². The third-order valence-electron chi connectivity index (χ3n) is 2.95. The molecule has 100 valence electrons. The standard InChI is InChI=1S/C12H19N3O2S/c1-2-14-11-6-12(8-13-7-11)15-10-4-3-5-18(16,17)9-10/h6-8,10,14-15H,2-5,9H2,1H3. The van der Waals surface area contributed by atoms with Crippen LogP contribution in [0.4, 0.5) is 11.4 Å². The Morgan fingerprint density at radius 2 is 2.17 bits per heavy atom. The highest BCUT2D eigenvalue weighted by atomic mass is 32.2. The van der Waals surface area contributed by atoms with Crippen LogP contribution >= 0.6 is 0 Å². The van der Waals surface area contributed by atoms with Crippen molar-refractivity contribution < 1.29 is 8.42 Å². The molecule has 0 saturated carbocycles. The first-order valence-corrected chi connectivity index (χ1v) is 8.07. The number of sulfone groups is 1. The van der Waals surface area contributed by atoms with Gasteiger partial charge in [0, 0.05) is 12.6 Å². The van der Waals surface area contributed by atoms with Crippen LogP contribution in [-0.4, -0.2) is 37.5 Å². The monoisotopic (exact) mass is 269 g/mol. The number of hydrogen-bond acceptors (Lipinski definition) is 5. The zero-order valence-electron chi connectivity index (χ0n) is 10.5. The van der Waals surface area contributed by atoms with Gasteiger partial charge in [0.2, 0.25) is 0 Å². The SMILES string of the molecule is CCNc1cncc(NC2CCCS(=O)(=O)C2)c1. The van der Waals surface area contributed by atoms with Crippen molar-refractivity contribution in [1.82, 2.24) is 4.98 Å². The first-order chi connectivity index (χ1) is 8.59. The van der Waals surface area contributed by atoms with Gasteiger partial charge in [0.15, 0.2) is 9.84 Å². The molecule has 1 atom stereocenters. The van der Waals surface area contributed by atoms with Crippen LogP contribution in [0.5, 0.6) is 0 Å². The maximum absolute atomic E-state index is 11.6. The molecule has 2 heterocycles. The van der Waals surface area contributed by atoms with E-state index < -0.39 is 9.84 Å². The third kappa shape index (κ3) is 3.60. The van der Waals surface area contributed by atoms with E-state index in [-0.39, 0.29) is 11.8 Å². The summed E-state index contributed by atoms with van der Waals surface area (Å²) in [5.41, 5.74) is 1.82. The van der Waals surface area contributed by atoms with Gasteiger partial charge in [-0.15, -0.1) is 0 Å². The number of aromatic nitrogens is 1. The number of hydrogen-bond donors (Lipinski definition) is 2. The third-order valence-corrected chi connectivity index (χ3v) is 4.77. The summed E-state index contributed by atoms with van der Waals surface area (Å²) >= 11 is 0. The molecule has 0 spiro atoms. The minimum atomic E-state index is -2.87. The number of nitrogens with zero attached hydrogens (tertiary/aromatic N) is 1. The molecule has 0 aliphatic carbocycles. The van der Waals surface area contributed by atoms with Crippen molar-refractivity contribution in [2.75, 3.05) is 28.7 Å². The Kier molecular flexibility index (Phi) is 4.06. The van der Waals surface area contributed by atoms with E-state index in [2.05, 4.69) is 15.6 Å². The molecule has 6 heteroatoms. The van der Waals surface area contributed by atoms with Crippen LogP contribution in [0, 0.1) is 0 Å². The molecule has 1 aromatic rings. The summed E-state index contributed by atoms with van der Waals surface area (Å²) < 4.78 is 23.1. The minimum absolute atomic E-state index is 0.00225. The average Bonchev–Trinajstić information content (AvgIpc) is 2.28. The van der Waals surface area contributed by atoms with E-state index in [0.29, 0.717) is 5.75 Å². The molecular formula is C12H19N3O2S. The Hall–Kier alpha value is -1.30. The van der Waals surface area contributed by atoms with Crippen LogP contribution in [-0.2, 0) is 9.84 Å². The lowest BCUT2D eigenvalue weighted by Gasteiger charge is -2.24. The van der Waals surface area contributed by atoms with Gasteiger partial charge in [-0.05, 0) is 25.8 Å². The predicted octanol–water partition coefficient (Wildman–Crippen LogP) is 1.50. The molecular weight excluding hydrogens is 250 g/mol. The van der Waals surface area contributed by atoms with E-state index >= 15 is 0 Å². The Balaban J connectivity index is 2.02. The first kappa shape index (κ1) is 13.1. The smallest absolute Gasteiger partial charge is 0.152 e. The van der Waals surface area contributed by atoms with E-state index in [0.717, 1.165) is 30.8 Å². The van der Waals surface area contributed by atoms with Crippen molar-refractivity contribution in [3.63, 3.8) is 0 Å². The Labute approximate surface area is 108 Å². The first-order valence-electron chi connectivity index (χ1n) is 6.25. The van der Waals surface area contributed by atoms with Gasteiger partial charge in [-0.3, -0.25) is 4.98 Å². The van der Waals surface area contributed by atoms with Crippen molar-refractivity contribution in [3.8, 4) is 0 Å². The highest BCUT2D eigenvalue weighted by molar-refractivity contribution is 7.91. The van der Waals surface area contributed by atoms with Gasteiger partial charge in [0.25, 0.3) is 0 Å². The van der Waals surface area contributed by atoms with Crippen molar-refractivity contribution in [2.24, 2.45) is 0 Å². The minimum Gasteiger partial charge on any atom is -0.384 e. The maximum Gasteiger partial charge on any atom is 0.152 e. The molecule has 1 aliphatic rings. The highest BCUT2D eigenvalue weighted by Crippen LogP contribution is 2.19. The molecule has 5 nitrogen and oxygen atoms in total. The Morgan fingerprint density at radius 1 is 1.39 bits per heavy atom. The summed E-state index contributed by atoms with van der Waals surface area (Å²) in [5.74, 6) is 0.541. The summed E-state index contributed by atoms with van der Waals surface area (Å²) in [6.07, 6.45) is 5.11. The second-order valence-corrected chi connectivity index (χ2v) is 6.82. The zero-order chi connectivity index (χ0) is 13.0. The summed E-state index contributed by atoms with van der Waals surface area (Å²) in [7, 11) is -2.87. The highest BCUT2D eigenvalue weighted by Gasteiger charge is 2.24. The fourth-order valence-electron chi connectivity index (χ4n) is 2.19. The van der Waals surface area contributed by atoms with Gasteiger partial charge >= 0.3 is 0 Å². The second kappa shape index (κ2) is 5.56. The van der Waals surface area contributed by atoms with E-state index in [4.69, 9.17) is 0 Å². The Morgan fingerprint density at radius 3 is 2.89 bits per heavy atom. The molecule has 1 saturated heterocycles. The fourth-order valence-corrected chi connectivity index (χ4v) is 3.83. The zero-order valence-corrected chi connectivity index (χ0v) is 11.3. The number of pyridine rings is 1. The van der Waals surface area contributed by atoms with Gasteiger partial charge < -0.3 is 10.6 Å². The quantitative estimate of drug-likeness (QED) is 0.867. The van der Waals surface area contributed by atoms with Crippen LogP contribution in [0.1, 0.15) is 19.8 Å². The maximum atomic E-state index is 11.6. The van der Waals surface area contributed by atoms with E-state index in [1.165, 1.54) is 0 Å². The number of rotatable bonds is 4. The summed E-state index contributed by atoms with van der Waals surface area (Å²) in [6.45, 7) is 2.86. The molecule has 0 bridgehead atoms. The van der Waals surface area contributed by atoms with Crippen LogP contribution in [0.3, 0.4) is 0 Å². The molecule has 0 radical (unpaired) electrons. The van der Waals surface area contributed by atoms with E-state index in [1.54, 1.807) is 12.4 Å². The topological polar surface area (TPSA) is 71.1 Å². The normalized spacial score (nSPS) is 22.4. The molecule has 1 aliphatic heterocycles. The van der Waals surface area contributed by atoms with Crippen LogP contribution in [0.2, 0.25) is 0 Å². The largest absolute Gasteiger partial charge is 0.384 e. The molecule has 1 unspecified atom stereocenters. The molecule has 0 amide bonds. The van der Waals surface area contributed by atoms with Gasteiger partial charge in [-0.25, -0.2) is 8.42 Å². The predicted molar refractivity (Wildman–Crippen MR) is 73.7 cm³/mol. The van der Waals surface area contributed by atoms with Crippen molar-refractivity contribution in [1.29, 1.82) is 0 Å². The lowest BCUT2D eigenvalue weighted by Crippen LogP contribution is -2.34. The molecule has 2 rings (SSSR count). The van der Waals surface area contributed by atoms with Crippen molar-refractivity contribution in [3.05, 3.63) is 18.5 Å². The average molecular weight is 269 g/mol. The fraction of sp³-hybridized carbons (Fsp3) is 0.583. The van der Waals surface area contributed by atoms with Crippen molar-refractivity contribution >= 4 is 21.2 Å². The van der Waals surface area contributed by atoms with Crippen LogP contribution in [0.25, 0.3) is 0 Å². The molecule has 2 N–H and O–H groups in total. The van der Waals surface area contributed by atoms with Gasteiger partial charge in [0.05, 0.1) is 35.3 Å². The second-order valence-electron chi connectivity index (χ2n) is 4.59. The van der Waals surface area contributed by atoms with E-state index in [1.807, 2.05) is 13.0 Å². The van der Waals surface area contributed by atoms with Gasteiger partial charge in [-0.1, -0.05) is 0 Å². The molecule has 0 aromatic carbocycles. The number of nitrogens with one attached hydrogen (secondary N) is 2. The van der Waals surface area contributed by atoms with E-state index in [9.17, 15) is 8.42 Å². The van der Waals surface area contributed by atoms with Gasteiger partial charge in [-0.2, -0.15) is 0 Å². The number of anilines is 2. The molecule has 18 heavy (non-hydrogen) atoms. The Bertz CT molecular complexity index is 502.